The zero-order valence-electron chi connectivity index (χ0n) is 18.1. The maximum atomic E-state index is 8.73. The lowest BCUT2D eigenvalue weighted by Gasteiger charge is -2.19. The summed E-state index contributed by atoms with van der Waals surface area (Å²) in [5, 5.41) is 8.73. The molecule has 27 heavy (non-hydrogen) atoms. The van der Waals surface area contributed by atoms with Crippen LogP contribution < -0.4 is 0 Å². The van der Waals surface area contributed by atoms with Gasteiger partial charge < -0.3 is 10.0 Å². The normalized spacial score (nSPS) is 14.4. The zero-order valence-corrected chi connectivity index (χ0v) is 18.1. The first-order valence-corrected chi connectivity index (χ1v) is 11.9. The van der Waals surface area contributed by atoms with Crippen LogP contribution in [0.25, 0.3) is 0 Å². The third-order valence-electron chi connectivity index (χ3n) is 5.59. The molecule has 0 fully saturated rings. The van der Waals surface area contributed by atoms with Gasteiger partial charge in [-0.25, -0.2) is 0 Å². The number of aliphatic hydroxyl groups is 1. The first-order valence-electron chi connectivity index (χ1n) is 11.9. The molecule has 3 heteroatoms. The molecule has 1 aliphatic rings. The highest BCUT2D eigenvalue weighted by Gasteiger charge is 2.13. The van der Waals surface area contributed by atoms with Crippen molar-refractivity contribution in [2.75, 3.05) is 26.2 Å². The molecule has 0 radical (unpaired) electrons. The number of rotatable bonds is 19. The van der Waals surface area contributed by atoms with Gasteiger partial charge in [-0.15, -0.1) is 0 Å². The van der Waals surface area contributed by atoms with Gasteiger partial charge in [0.05, 0.1) is 12.4 Å². The number of aliphatic hydroxyl groups excluding tert-OH is 1. The van der Waals surface area contributed by atoms with E-state index in [1.54, 1.807) is 0 Å². The number of amidine groups is 1. The summed E-state index contributed by atoms with van der Waals surface area (Å²) in [6.07, 6.45) is 25.6. The summed E-state index contributed by atoms with van der Waals surface area (Å²) in [6.45, 7) is 5.97. The average molecular weight is 379 g/mol. The molecule has 0 saturated heterocycles. The van der Waals surface area contributed by atoms with E-state index in [1.165, 1.54) is 102 Å². The lowest BCUT2D eigenvalue weighted by Crippen LogP contribution is -2.28. The molecule has 0 aromatic heterocycles. The van der Waals surface area contributed by atoms with Crippen LogP contribution in [0.15, 0.2) is 17.1 Å². The molecule has 0 atom stereocenters. The van der Waals surface area contributed by atoms with Crippen LogP contribution in [0.2, 0.25) is 0 Å². The molecule has 0 amide bonds. The number of hydrogen-bond acceptors (Lipinski definition) is 3. The van der Waals surface area contributed by atoms with Crippen molar-refractivity contribution in [1.29, 1.82) is 0 Å². The summed E-state index contributed by atoms with van der Waals surface area (Å²) in [5.41, 5.74) is 0. The van der Waals surface area contributed by atoms with E-state index < -0.39 is 0 Å². The van der Waals surface area contributed by atoms with Crippen LogP contribution in [-0.4, -0.2) is 42.1 Å². The van der Waals surface area contributed by atoms with Gasteiger partial charge in [0, 0.05) is 26.1 Å². The Morgan fingerprint density at radius 1 is 0.778 bits per heavy atom. The predicted octanol–water partition coefficient (Wildman–Crippen LogP) is 6.51. The van der Waals surface area contributed by atoms with Crippen molar-refractivity contribution >= 4 is 5.84 Å². The van der Waals surface area contributed by atoms with Crippen LogP contribution >= 0.6 is 0 Å². The van der Waals surface area contributed by atoms with Crippen LogP contribution in [-0.2, 0) is 0 Å². The summed E-state index contributed by atoms with van der Waals surface area (Å²) in [6, 6.07) is 0. The average Bonchev–Trinajstić information content (AvgIpc) is 3.14. The van der Waals surface area contributed by atoms with Crippen LogP contribution in [0, 0.1) is 0 Å². The molecule has 1 heterocycles. The largest absolute Gasteiger partial charge is 0.396 e. The Morgan fingerprint density at radius 2 is 1.30 bits per heavy atom. The van der Waals surface area contributed by atoms with Gasteiger partial charge in [-0.1, -0.05) is 76.9 Å². The summed E-state index contributed by atoms with van der Waals surface area (Å²) in [4.78, 5) is 7.05. The topological polar surface area (TPSA) is 35.8 Å². The Hall–Kier alpha value is -0.830. The van der Waals surface area contributed by atoms with Crippen LogP contribution in [0.5, 0.6) is 0 Å². The van der Waals surface area contributed by atoms with Crippen molar-refractivity contribution in [1.82, 2.24) is 4.90 Å². The van der Waals surface area contributed by atoms with Crippen molar-refractivity contribution in [3.63, 3.8) is 0 Å². The SMILES string of the molecule is CCC1=NCCN1CCCCCCCC/C=C\CCCCCCCCCO. The number of nitrogens with zero attached hydrogens (tertiary/aromatic N) is 2. The van der Waals surface area contributed by atoms with Gasteiger partial charge in [-0.05, 0) is 38.5 Å². The molecule has 1 N–H and O–H groups in total. The first kappa shape index (κ1) is 24.2. The molecule has 0 unspecified atom stereocenters. The minimum Gasteiger partial charge on any atom is -0.396 e. The van der Waals surface area contributed by atoms with Gasteiger partial charge in [-0.3, -0.25) is 4.99 Å². The maximum absolute atomic E-state index is 8.73. The molecular weight excluding hydrogens is 332 g/mol. The van der Waals surface area contributed by atoms with Crippen LogP contribution in [0.1, 0.15) is 110 Å². The Balaban J connectivity index is 1.75. The second-order valence-electron chi connectivity index (χ2n) is 8.01. The fourth-order valence-electron chi connectivity index (χ4n) is 3.87. The van der Waals surface area contributed by atoms with E-state index >= 15 is 0 Å². The van der Waals surface area contributed by atoms with Crippen molar-refractivity contribution < 1.29 is 5.11 Å². The Morgan fingerprint density at radius 3 is 1.85 bits per heavy atom. The summed E-state index contributed by atoms with van der Waals surface area (Å²) in [5.74, 6) is 1.33. The zero-order chi connectivity index (χ0) is 19.4. The number of hydrogen-bond donors (Lipinski definition) is 1. The Kier molecular flexibility index (Phi) is 16.6. The standard InChI is InChI=1S/C24H46N2O/c1-2-24-25-20-22-26(24)21-18-16-14-12-10-8-6-4-3-5-7-9-11-13-15-17-19-23-27/h3-4,27H,2,5-23H2,1H3/b4-3-. The minimum absolute atomic E-state index is 0.360. The number of allylic oxidation sites excluding steroid dienone is 2. The quantitative estimate of drug-likeness (QED) is 0.205. The lowest BCUT2D eigenvalue weighted by atomic mass is 10.1. The van der Waals surface area contributed by atoms with Gasteiger partial charge in [0.15, 0.2) is 0 Å². The lowest BCUT2D eigenvalue weighted by molar-refractivity contribution is 0.282. The second-order valence-corrected chi connectivity index (χ2v) is 8.01. The summed E-state index contributed by atoms with van der Waals surface area (Å²) in [7, 11) is 0. The second kappa shape index (κ2) is 18.5. The fraction of sp³-hybridized carbons (Fsp3) is 0.875. The first-order chi connectivity index (χ1) is 13.4. The van der Waals surface area contributed by atoms with Crippen molar-refractivity contribution in [2.24, 2.45) is 4.99 Å². The fourth-order valence-corrected chi connectivity index (χ4v) is 3.87. The molecular formula is C24H46N2O. The predicted molar refractivity (Wildman–Crippen MR) is 120 cm³/mol. The number of aliphatic imine (C=N–C) groups is 1. The molecule has 158 valence electrons. The Labute approximate surface area is 169 Å². The maximum Gasteiger partial charge on any atom is 0.0987 e. The van der Waals surface area contributed by atoms with Gasteiger partial charge in [0.25, 0.3) is 0 Å². The van der Waals surface area contributed by atoms with Crippen molar-refractivity contribution in [3.05, 3.63) is 12.2 Å². The Bertz CT molecular complexity index is 379. The van der Waals surface area contributed by atoms with Crippen molar-refractivity contribution in [3.8, 4) is 0 Å². The molecule has 0 aliphatic carbocycles. The van der Waals surface area contributed by atoms with E-state index in [4.69, 9.17) is 5.11 Å². The molecule has 0 spiro atoms. The van der Waals surface area contributed by atoms with E-state index in [9.17, 15) is 0 Å². The number of unbranched alkanes of at least 4 members (excludes halogenated alkanes) is 13. The third-order valence-corrected chi connectivity index (χ3v) is 5.59. The van der Waals surface area contributed by atoms with E-state index in [0.29, 0.717) is 6.61 Å². The smallest absolute Gasteiger partial charge is 0.0987 e. The van der Waals surface area contributed by atoms with Gasteiger partial charge >= 0.3 is 0 Å². The summed E-state index contributed by atoms with van der Waals surface area (Å²) < 4.78 is 0. The van der Waals surface area contributed by atoms with Gasteiger partial charge in [0.1, 0.15) is 0 Å². The van der Waals surface area contributed by atoms with Crippen LogP contribution in [0.4, 0.5) is 0 Å². The molecule has 1 rings (SSSR count). The summed E-state index contributed by atoms with van der Waals surface area (Å²) >= 11 is 0. The van der Waals surface area contributed by atoms with E-state index in [-0.39, 0.29) is 0 Å². The van der Waals surface area contributed by atoms with Gasteiger partial charge in [0.2, 0.25) is 0 Å². The highest BCUT2D eigenvalue weighted by atomic mass is 16.2. The van der Waals surface area contributed by atoms with E-state index in [2.05, 4.69) is 29.0 Å². The molecule has 1 aliphatic heterocycles. The third kappa shape index (κ3) is 13.9. The van der Waals surface area contributed by atoms with Crippen molar-refractivity contribution in [2.45, 2.75) is 110 Å². The van der Waals surface area contributed by atoms with Crippen LogP contribution in [0.3, 0.4) is 0 Å². The molecule has 0 saturated carbocycles. The van der Waals surface area contributed by atoms with E-state index in [0.717, 1.165) is 25.9 Å². The highest BCUT2D eigenvalue weighted by Crippen LogP contribution is 2.12. The van der Waals surface area contributed by atoms with Gasteiger partial charge in [-0.2, -0.15) is 0 Å². The highest BCUT2D eigenvalue weighted by molar-refractivity contribution is 5.83. The molecule has 0 aromatic rings. The molecule has 0 aromatic carbocycles. The minimum atomic E-state index is 0.360. The molecule has 0 bridgehead atoms. The monoisotopic (exact) mass is 378 g/mol. The molecule has 3 nitrogen and oxygen atoms in total. The van der Waals surface area contributed by atoms with E-state index in [1.807, 2.05) is 0 Å².